The van der Waals surface area contributed by atoms with Crippen molar-refractivity contribution in [3.8, 4) is 5.75 Å². The third kappa shape index (κ3) is 3.65. The molecule has 124 valence electrons. The van der Waals surface area contributed by atoms with E-state index >= 15 is 0 Å². The molecule has 0 radical (unpaired) electrons. The first-order valence-corrected chi connectivity index (χ1v) is 8.33. The minimum Gasteiger partial charge on any atom is -0.497 e. The Labute approximate surface area is 144 Å². The van der Waals surface area contributed by atoms with E-state index in [1.165, 1.54) is 16.9 Å². The fraction of sp³-hybridized carbons (Fsp3) is 0.222. The molecule has 0 aliphatic carbocycles. The number of hydrogen-bond donors (Lipinski definition) is 1. The number of hydrogen-bond acceptors (Lipinski definition) is 5. The summed E-state index contributed by atoms with van der Waals surface area (Å²) in [6.07, 6.45) is 2.55. The molecule has 1 aromatic carbocycles. The zero-order valence-corrected chi connectivity index (χ0v) is 14.6. The Hall–Kier alpha value is -2.60. The lowest BCUT2D eigenvalue weighted by atomic mass is 10.1. The number of aryl methyl sites for hydroxylation is 2. The highest BCUT2D eigenvalue weighted by Crippen LogP contribution is 2.23. The molecule has 0 unspecified atom stereocenters. The summed E-state index contributed by atoms with van der Waals surface area (Å²) in [6.45, 7) is 3.60. The molecule has 5 nitrogen and oxygen atoms in total. The Bertz CT molecular complexity index is 850. The van der Waals surface area contributed by atoms with Crippen molar-refractivity contribution in [3.05, 3.63) is 64.1 Å². The fourth-order valence-corrected chi connectivity index (χ4v) is 3.25. The number of nitrogens with one attached hydrogen (secondary N) is 1. The van der Waals surface area contributed by atoms with Gasteiger partial charge in [0.05, 0.1) is 12.7 Å². The van der Waals surface area contributed by atoms with Crippen LogP contribution in [0.15, 0.2) is 40.9 Å². The predicted octanol–water partition coefficient (Wildman–Crippen LogP) is 4.20. The van der Waals surface area contributed by atoms with Gasteiger partial charge >= 0.3 is 0 Å². The average molecular weight is 342 g/mol. The van der Waals surface area contributed by atoms with E-state index in [0.717, 1.165) is 22.8 Å². The number of furan rings is 1. The van der Waals surface area contributed by atoms with Gasteiger partial charge in [-0.1, -0.05) is 12.1 Å². The number of carbonyl (C=O) groups excluding carboxylic acids is 1. The summed E-state index contributed by atoms with van der Waals surface area (Å²) in [5.41, 5.74) is 1.71. The highest BCUT2D eigenvalue weighted by atomic mass is 32.1. The van der Waals surface area contributed by atoms with E-state index in [-0.39, 0.29) is 5.91 Å². The van der Waals surface area contributed by atoms with Crippen molar-refractivity contribution in [1.29, 1.82) is 0 Å². The molecule has 0 aliphatic rings. The highest BCUT2D eigenvalue weighted by molar-refractivity contribution is 7.15. The van der Waals surface area contributed by atoms with Crippen LogP contribution in [0.2, 0.25) is 0 Å². The number of amides is 1. The molecule has 3 aromatic rings. The molecule has 2 aromatic heterocycles. The van der Waals surface area contributed by atoms with Crippen LogP contribution in [0, 0.1) is 13.8 Å². The lowest BCUT2D eigenvalue weighted by Crippen LogP contribution is -2.11. The van der Waals surface area contributed by atoms with Gasteiger partial charge in [-0.3, -0.25) is 10.1 Å². The Kier molecular flexibility index (Phi) is 4.66. The van der Waals surface area contributed by atoms with E-state index < -0.39 is 0 Å². The van der Waals surface area contributed by atoms with Crippen molar-refractivity contribution in [3.63, 3.8) is 0 Å². The van der Waals surface area contributed by atoms with Gasteiger partial charge in [0.15, 0.2) is 5.13 Å². The third-order valence-corrected chi connectivity index (χ3v) is 4.51. The van der Waals surface area contributed by atoms with Crippen LogP contribution in [-0.2, 0) is 6.42 Å². The number of thiazole rings is 1. The number of benzene rings is 1. The van der Waals surface area contributed by atoms with Gasteiger partial charge in [-0.2, -0.15) is 0 Å². The van der Waals surface area contributed by atoms with Crippen LogP contribution in [0.5, 0.6) is 5.75 Å². The number of aromatic nitrogens is 1. The topological polar surface area (TPSA) is 64.4 Å². The Morgan fingerprint density at radius 2 is 2.04 bits per heavy atom. The molecule has 0 saturated heterocycles. The first-order valence-electron chi connectivity index (χ1n) is 7.51. The standard InChI is InChI=1S/C18H18N2O3S/c1-11-8-16(12(2)23-11)17(21)20-18-19-10-15(24-18)9-13-4-6-14(22-3)7-5-13/h4-8,10H,9H2,1-3H3,(H,19,20,21). The Morgan fingerprint density at radius 1 is 1.29 bits per heavy atom. The van der Waals surface area contributed by atoms with Crippen molar-refractivity contribution in [2.24, 2.45) is 0 Å². The highest BCUT2D eigenvalue weighted by Gasteiger charge is 2.15. The van der Waals surface area contributed by atoms with Crippen molar-refractivity contribution in [1.82, 2.24) is 4.98 Å². The molecule has 0 atom stereocenters. The minimum absolute atomic E-state index is 0.199. The van der Waals surface area contributed by atoms with Crippen LogP contribution in [-0.4, -0.2) is 18.0 Å². The lowest BCUT2D eigenvalue weighted by Gasteiger charge is -2.01. The monoisotopic (exact) mass is 342 g/mol. The summed E-state index contributed by atoms with van der Waals surface area (Å²) in [6, 6.07) is 9.64. The second-order valence-corrected chi connectivity index (χ2v) is 6.55. The largest absolute Gasteiger partial charge is 0.497 e. The number of carbonyl (C=O) groups is 1. The van der Waals surface area contributed by atoms with E-state index in [9.17, 15) is 4.79 Å². The zero-order chi connectivity index (χ0) is 17.1. The average Bonchev–Trinajstić information content (AvgIpc) is 3.14. The molecule has 1 N–H and O–H groups in total. The van der Waals surface area contributed by atoms with Crippen LogP contribution >= 0.6 is 11.3 Å². The summed E-state index contributed by atoms with van der Waals surface area (Å²) in [4.78, 5) is 17.6. The number of ether oxygens (including phenoxy) is 1. The van der Waals surface area contributed by atoms with Gasteiger partial charge in [-0.05, 0) is 37.6 Å². The molecule has 0 fully saturated rings. The third-order valence-electron chi connectivity index (χ3n) is 3.60. The van der Waals surface area contributed by atoms with Gasteiger partial charge in [0.2, 0.25) is 0 Å². The van der Waals surface area contributed by atoms with E-state index in [4.69, 9.17) is 9.15 Å². The van der Waals surface area contributed by atoms with Crippen molar-refractivity contribution < 1.29 is 13.9 Å². The van der Waals surface area contributed by atoms with Crippen LogP contribution < -0.4 is 10.1 Å². The van der Waals surface area contributed by atoms with Gasteiger partial charge in [-0.15, -0.1) is 11.3 Å². The van der Waals surface area contributed by atoms with E-state index in [2.05, 4.69) is 10.3 Å². The van der Waals surface area contributed by atoms with Gasteiger partial charge < -0.3 is 9.15 Å². The quantitative estimate of drug-likeness (QED) is 0.754. The molecular weight excluding hydrogens is 324 g/mol. The molecule has 0 spiro atoms. The van der Waals surface area contributed by atoms with Crippen LogP contribution in [0.3, 0.4) is 0 Å². The SMILES string of the molecule is COc1ccc(Cc2cnc(NC(=O)c3cc(C)oc3C)s2)cc1. The van der Waals surface area contributed by atoms with E-state index in [0.29, 0.717) is 16.5 Å². The van der Waals surface area contributed by atoms with Crippen LogP contribution in [0.1, 0.15) is 32.3 Å². The second kappa shape index (κ2) is 6.88. The summed E-state index contributed by atoms with van der Waals surface area (Å²) >= 11 is 1.47. The van der Waals surface area contributed by atoms with E-state index in [1.54, 1.807) is 26.3 Å². The first kappa shape index (κ1) is 16.3. The summed E-state index contributed by atoms with van der Waals surface area (Å²) in [5.74, 6) is 1.97. The number of anilines is 1. The van der Waals surface area contributed by atoms with Crippen LogP contribution in [0.4, 0.5) is 5.13 Å². The summed E-state index contributed by atoms with van der Waals surface area (Å²) < 4.78 is 10.5. The predicted molar refractivity (Wildman–Crippen MR) is 94.0 cm³/mol. The number of methoxy groups -OCH3 is 1. The first-order chi connectivity index (χ1) is 11.5. The lowest BCUT2D eigenvalue weighted by molar-refractivity contribution is 0.102. The van der Waals surface area contributed by atoms with Gasteiger partial charge in [0, 0.05) is 17.5 Å². The molecule has 24 heavy (non-hydrogen) atoms. The van der Waals surface area contributed by atoms with Gasteiger partial charge in [-0.25, -0.2) is 4.98 Å². The number of rotatable bonds is 5. The maximum Gasteiger partial charge on any atom is 0.260 e. The van der Waals surface area contributed by atoms with E-state index in [1.807, 2.05) is 31.2 Å². The molecule has 2 heterocycles. The Balaban J connectivity index is 1.66. The molecule has 0 bridgehead atoms. The summed E-state index contributed by atoms with van der Waals surface area (Å²) in [7, 11) is 1.65. The molecule has 3 rings (SSSR count). The molecular formula is C18H18N2O3S. The van der Waals surface area contributed by atoms with Gasteiger partial charge in [0.1, 0.15) is 17.3 Å². The van der Waals surface area contributed by atoms with Crippen molar-refractivity contribution in [2.75, 3.05) is 12.4 Å². The molecule has 1 amide bonds. The molecule has 0 saturated carbocycles. The normalized spacial score (nSPS) is 10.6. The molecule has 6 heteroatoms. The fourth-order valence-electron chi connectivity index (χ4n) is 2.41. The second-order valence-electron chi connectivity index (χ2n) is 5.44. The minimum atomic E-state index is -0.199. The Morgan fingerprint density at radius 3 is 2.67 bits per heavy atom. The smallest absolute Gasteiger partial charge is 0.260 e. The van der Waals surface area contributed by atoms with Crippen molar-refractivity contribution >= 4 is 22.4 Å². The number of nitrogens with zero attached hydrogens (tertiary/aromatic N) is 1. The van der Waals surface area contributed by atoms with Gasteiger partial charge in [0.25, 0.3) is 5.91 Å². The zero-order valence-electron chi connectivity index (χ0n) is 13.8. The molecule has 0 aliphatic heterocycles. The maximum absolute atomic E-state index is 12.3. The maximum atomic E-state index is 12.3. The van der Waals surface area contributed by atoms with Crippen molar-refractivity contribution in [2.45, 2.75) is 20.3 Å². The summed E-state index contributed by atoms with van der Waals surface area (Å²) in [5, 5.41) is 3.41. The van der Waals surface area contributed by atoms with Crippen LogP contribution in [0.25, 0.3) is 0 Å².